The standard InChI is InChI=1S/C7H4Cl2O.C7H4ClFO/c8-6-2-1-5(4-10)7(9)3-6;8-6-2-1-3-7(9)5(6)4-10/h2*1-4H. The van der Waals surface area contributed by atoms with Gasteiger partial charge in [0.2, 0.25) is 0 Å². The first-order valence-corrected chi connectivity index (χ1v) is 6.42. The normalized spacial score (nSPS) is 9.40. The van der Waals surface area contributed by atoms with Gasteiger partial charge in [0.25, 0.3) is 0 Å². The number of hydrogen-bond acceptors (Lipinski definition) is 2. The molecule has 0 fully saturated rings. The minimum Gasteiger partial charge on any atom is -0.298 e. The van der Waals surface area contributed by atoms with Crippen LogP contribution in [0, 0.1) is 5.82 Å². The van der Waals surface area contributed by atoms with Gasteiger partial charge >= 0.3 is 0 Å². The summed E-state index contributed by atoms with van der Waals surface area (Å²) in [5, 5.41) is 1.08. The molecule has 0 amide bonds. The minimum atomic E-state index is -0.581. The molecular weight excluding hydrogens is 326 g/mol. The summed E-state index contributed by atoms with van der Waals surface area (Å²) >= 11 is 16.6. The lowest BCUT2D eigenvalue weighted by Gasteiger charge is -1.94. The number of rotatable bonds is 2. The van der Waals surface area contributed by atoms with Gasteiger partial charge in [-0.1, -0.05) is 40.9 Å². The van der Waals surface area contributed by atoms with Crippen LogP contribution in [-0.2, 0) is 0 Å². The largest absolute Gasteiger partial charge is 0.298 e. The van der Waals surface area contributed by atoms with Gasteiger partial charge in [0, 0.05) is 10.6 Å². The van der Waals surface area contributed by atoms with Crippen LogP contribution in [-0.4, -0.2) is 12.6 Å². The second kappa shape index (κ2) is 8.00. The summed E-state index contributed by atoms with van der Waals surface area (Å²) in [4.78, 5) is 20.3. The molecule has 2 aromatic carbocycles. The molecule has 0 bridgehead atoms. The third-order valence-electron chi connectivity index (χ3n) is 2.21. The molecule has 0 aliphatic rings. The molecule has 2 rings (SSSR count). The number of carbonyl (C=O) groups excluding carboxylic acids is 2. The summed E-state index contributed by atoms with van der Waals surface area (Å²) in [6.07, 6.45) is 1.09. The highest BCUT2D eigenvalue weighted by Gasteiger charge is 2.03. The second-order valence-corrected chi connectivity index (χ2v) is 4.79. The van der Waals surface area contributed by atoms with E-state index in [1.807, 2.05) is 0 Å². The molecule has 0 aromatic heterocycles. The first-order valence-electron chi connectivity index (χ1n) is 5.29. The van der Waals surface area contributed by atoms with Gasteiger partial charge in [0.05, 0.1) is 15.6 Å². The lowest BCUT2D eigenvalue weighted by Crippen LogP contribution is -1.86. The topological polar surface area (TPSA) is 34.1 Å². The van der Waals surface area contributed by atoms with Crippen molar-refractivity contribution in [3.8, 4) is 0 Å². The van der Waals surface area contributed by atoms with Crippen molar-refractivity contribution < 1.29 is 14.0 Å². The summed E-state index contributed by atoms with van der Waals surface area (Å²) < 4.78 is 12.5. The van der Waals surface area contributed by atoms with Gasteiger partial charge in [-0.15, -0.1) is 0 Å². The van der Waals surface area contributed by atoms with Crippen molar-refractivity contribution in [1.82, 2.24) is 0 Å². The zero-order chi connectivity index (χ0) is 15.1. The minimum absolute atomic E-state index is 0.0795. The van der Waals surface area contributed by atoms with E-state index in [0.717, 1.165) is 0 Å². The highest BCUT2D eigenvalue weighted by molar-refractivity contribution is 6.36. The van der Waals surface area contributed by atoms with Crippen LogP contribution in [0.3, 0.4) is 0 Å². The van der Waals surface area contributed by atoms with Crippen molar-refractivity contribution in [2.24, 2.45) is 0 Å². The Labute approximate surface area is 130 Å². The Morgan fingerprint density at radius 2 is 1.60 bits per heavy atom. The van der Waals surface area contributed by atoms with Gasteiger partial charge in [0.1, 0.15) is 5.82 Å². The maximum atomic E-state index is 12.5. The van der Waals surface area contributed by atoms with Crippen LogP contribution in [0.5, 0.6) is 0 Å². The lowest BCUT2D eigenvalue weighted by molar-refractivity contribution is 0.111. The molecule has 2 aromatic rings. The average Bonchev–Trinajstić information content (AvgIpc) is 2.40. The number of aldehydes is 2. The molecule has 0 saturated heterocycles. The summed E-state index contributed by atoms with van der Waals surface area (Å²) in [6, 6.07) is 8.84. The van der Waals surface area contributed by atoms with Gasteiger partial charge in [-0.25, -0.2) is 4.39 Å². The fraction of sp³-hybridized carbons (Fsp3) is 0. The van der Waals surface area contributed by atoms with E-state index in [1.165, 1.54) is 24.3 Å². The molecule has 104 valence electrons. The molecule has 0 saturated carbocycles. The van der Waals surface area contributed by atoms with Crippen LogP contribution in [0.25, 0.3) is 0 Å². The molecule has 0 atom stereocenters. The Kier molecular flexibility index (Phi) is 6.65. The molecule has 0 radical (unpaired) electrons. The Hall–Kier alpha value is -1.42. The summed E-state index contributed by atoms with van der Waals surface area (Å²) in [7, 11) is 0. The van der Waals surface area contributed by atoms with Gasteiger partial charge < -0.3 is 0 Å². The van der Waals surface area contributed by atoms with E-state index in [9.17, 15) is 14.0 Å². The van der Waals surface area contributed by atoms with E-state index < -0.39 is 5.82 Å². The van der Waals surface area contributed by atoms with Crippen molar-refractivity contribution in [1.29, 1.82) is 0 Å². The van der Waals surface area contributed by atoms with E-state index in [-0.39, 0.29) is 10.6 Å². The zero-order valence-corrected chi connectivity index (χ0v) is 12.2. The molecule has 0 spiro atoms. The first-order chi connectivity index (χ1) is 9.49. The lowest BCUT2D eigenvalue weighted by atomic mass is 10.2. The maximum absolute atomic E-state index is 12.5. The highest BCUT2D eigenvalue weighted by atomic mass is 35.5. The van der Waals surface area contributed by atoms with Crippen molar-refractivity contribution in [2.75, 3.05) is 0 Å². The van der Waals surface area contributed by atoms with Crippen LogP contribution < -0.4 is 0 Å². The summed E-state index contributed by atoms with van der Waals surface area (Å²) in [5.74, 6) is -0.581. The van der Waals surface area contributed by atoms with Crippen molar-refractivity contribution in [3.63, 3.8) is 0 Å². The van der Waals surface area contributed by atoms with Crippen LogP contribution >= 0.6 is 34.8 Å². The van der Waals surface area contributed by atoms with Crippen LogP contribution in [0.2, 0.25) is 15.1 Å². The fourth-order valence-electron chi connectivity index (χ4n) is 1.22. The molecule has 6 heteroatoms. The highest BCUT2D eigenvalue weighted by Crippen LogP contribution is 2.19. The van der Waals surface area contributed by atoms with Crippen LogP contribution in [0.4, 0.5) is 4.39 Å². The van der Waals surface area contributed by atoms with E-state index in [4.69, 9.17) is 34.8 Å². The summed E-state index contributed by atoms with van der Waals surface area (Å²) in [6.45, 7) is 0. The second-order valence-electron chi connectivity index (χ2n) is 3.54. The number of carbonyl (C=O) groups is 2. The molecule has 0 N–H and O–H groups in total. The predicted octanol–water partition coefficient (Wildman–Crippen LogP) is 5.10. The average molecular weight is 334 g/mol. The molecule has 0 heterocycles. The predicted molar refractivity (Wildman–Crippen MR) is 78.6 cm³/mol. The van der Waals surface area contributed by atoms with Gasteiger partial charge in [-0.3, -0.25) is 9.59 Å². The van der Waals surface area contributed by atoms with E-state index in [2.05, 4.69) is 0 Å². The van der Waals surface area contributed by atoms with Gasteiger partial charge in [0.15, 0.2) is 12.6 Å². The quantitative estimate of drug-likeness (QED) is 0.717. The molecule has 20 heavy (non-hydrogen) atoms. The van der Waals surface area contributed by atoms with Gasteiger partial charge in [-0.2, -0.15) is 0 Å². The van der Waals surface area contributed by atoms with Crippen LogP contribution in [0.15, 0.2) is 36.4 Å². The maximum Gasteiger partial charge on any atom is 0.154 e. The first kappa shape index (κ1) is 16.6. The summed E-state index contributed by atoms with van der Waals surface area (Å²) in [5.41, 5.74) is 0.384. The Balaban J connectivity index is 0.000000200. The monoisotopic (exact) mass is 332 g/mol. The van der Waals surface area contributed by atoms with Crippen molar-refractivity contribution in [2.45, 2.75) is 0 Å². The number of benzene rings is 2. The third kappa shape index (κ3) is 4.60. The van der Waals surface area contributed by atoms with Crippen molar-refractivity contribution in [3.05, 3.63) is 68.4 Å². The number of halogens is 4. The smallest absolute Gasteiger partial charge is 0.154 e. The molecule has 2 nitrogen and oxygen atoms in total. The molecule has 0 unspecified atom stereocenters. The number of hydrogen-bond donors (Lipinski definition) is 0. The molecule has 0 aliphatic heterocycles. The Morgan fingerprint density at radius 1 is 0.900 bits per heavy atom. The fourth-order valence-corrected chi connectivity index (χ4v) is 1.88. The Bertz CT molecular complexity index is 610. The third-order valence-corrected chi connectivity index (χ3v) is 3.10. The zero-order valence-electron chi connectivity index (χ0n) is 9.95. The SMILES string of the molecule is O=Cc1c(F)cccc1Cl.O=Cc1ccc(Cl)cc1Cl. The van der Waals surface area contributed by atoms with Gasteiger partial charge in [-0.05, 0) is 30.3 Å². The Morgan fingerprint density at radius 3 is 2.05 bits per heavy atom. The van der Waals surface area contributed by atoms with Crippen molar-refractivity contribution >= 4 is 47.4 Å². The van der Waals surface area contributed by atoms with E-state index >= 15 is 0 Å². The van der Waals surface area contributed by atoms with Crippen LogP contribution in [0.1, 0.15) is 20.7 Å². The molecular formula is C14H8Cl3FO2. The van der Waals surface area contributed by atoms with E-state index in [1.54, 1.807) is 12.1 Å². The van der Waals surface area contributed by atoms with E-state index in [0.29, 0.717) is 28.2 Å². The molecule has 0 aliphatic carbocycles.